The van der Waals surface area contributed by atoms with E-state index in [9.17, 15) is 4.79 Å². The molecule has 0 spiro atoms. The Labute approximate surface area is 144 Å². The van der Waals surface area contributed by atoms with E-state index in [4.69, 9.17) is 4.74 Å². The molecule has 0 saturated carbocycles. The van der Waals surface area contributed by atoms with E-state index in [1.54, 1.807) is 7.11 Å². The quantitative estimate of drug-likeness (QED) is 0.811. The van der Waals surface area contributed by atoms with Crippen LogP contribution in [0, 0.1) is 0 Å². The number of nitrogens with one attached hydrogen (secondary N) is 1. The zero-order valence-electron chi connectivity index (χ0n) is 14.7. The maximum atomic E-state index is 12.2. The number of carbonyl (C=O) groups is 1. The SMILES string of the molecule is COc1ccccc1CCC(=O)NCc1ccccc1CN(C)C. The minimum absolute atomic E-state index is 0.0561. The monoisotopic (exact) mass is 326 g/mol. The maximum Gasteiger partial charge on any atom is 0.220 e. The van der Waals surface area contributed by atoms with E-state index in [1.807, 2.05) is 50.5 Å². The Morgan fingerprint density at radius 2 is 1.62 bits per heavy atom. The van der Waals surface area contributed by atoms with Crippen LogP contribution in [0.1, 0.15) is 23.1 Å². The van der Waals surface area contributed by atoms with Crippen LogP contribution in [0.5, 0.6) is 5.75 Å². The first-order valence-corrected chi connectivity index (χ1v) is 8.20. The van der Waals surface area contributed by atoms with Crippen LogP contribution in [-0.2, 0) is 24.3 Å². The van der Waals surface area contributed by atoms with Gasteiger partial charge >= 0.3 is 0 Å². The van der Waals surface area contributed by atoms with Gasteiger partial charge in [0, 0.05) is 19.5 Å². The van der Waals surface area contributed by atoms with Crippen LogP contribution in [-0.4, -0.2) is 32.0 Å². The van der Waals surface area contributed by atoms with Crippen molar-refractivity contribution in [3.63, 3.8) is 0 Å². The molecule has 0 heterocycles. The van der Waals surface area contributed by atoms with E-state index in [2.05, 4.69) is 22.3 Å². The Kier molecular flexibility index (Phi) is 6.82. The summed E-state index contributed by atoms with van der Waals surface area (Å²) in [5, 5.41) is 3.02. The second-order valence-corrected chi connectivity index (χ2v) is 6.10. The van der Waals surface area contributed by atoms with Crippen molar-refractivity contribution in [2.45, 2.75) is 25.9 Å². The predicted octanol–water partition coefficient (Wildman–Crippen LogP) is 3.01. The molecule has 128 valence electrons. The van der Waals surface area contributed by atoms with Gasteiger partial charge in [0.05, 0.1) is 7.11 Å². The minimum Gasteiger partial charge on any atom is -0.496 e. The summed E-state index contributed by atoms with van der Waals surface area (Å²) in [6.07, 6.45) is 1.13. The third-order valence-corrected chi connectivity index (χ3v) is 3.89. The number of amides is 1. The molecule has 24 heavy (non-hydrogen) atoms. The molecule has 4 nitrogen and oxygen atoms in total. The van der Waals surface area contributed by atoms with Crippen LogP contribution in [0.4, 0.5) is 0 Å². The van der Waals surface area contributed by atoms with Gasteiger partial charge in [0.15, 0.2) is 0 Å². The topological polar surface area (TPSA) is 41.6 Å². The Balaban J connectivity index is 1.87. The number of benzene rings is 2. The van der Waals surface area contributed by atoms with Crippen molar-refractivity contribution in [2.24, 2.45) is 0 Å². The van der Waals surface area contributed by atoms with Crippen molar-refractivity contribution in [1.29, 1.82) is 0 Å². The number of hydrogen-bond acceptors (Lipinski definition) is 3. The summed E-state index contributed by atoms with van der Waals surface area (Å²) in [4.78, 5) is 14.3. The van der Waals surface area contributed by atoms with Gasteiger partial charge in [-0.05, 0) is 43.3 Å². The van der Waals surface area contributed by atoms with E-state index < -0.39 is 0 Å². The predicted molar refractivity (Wildman–Crippen MR) is 97.0 cm³/mol. The van der Waals surface area contributed by atoms with Gasteiger partial charge in [-0.3, -0.25) is 4.79 Å². The number of ether oxygens (including phenoxy) is 1. The molecule has 0 radical (unpaired) electrons. The first-order chi connectivity index (χ1) is 11.6. The van der Waals surface area contributed by atoms with Crippen molar-refractivity contribution in [1.82, 2.24) is 10.2 Å². The number of rotatable bonds is 8. The van der Waals surface area contributed by atoms with Crippen molar-refractivity contribution in [2.75, 3.05) is 21.2 Å². The molecule has 0 aliphatic rings. The lowest BCUT2D eigenvalue weighted by Crippen LogP contribution is -2.24. The molecule has 0 aliphatic heterocycles. The molecule has 0 aliphatic carbocycles. The van der Waals surface area contributed by atoms with Crippen molar-refractivity contribution in [3.05, 3.63) is 65.2 Å². The second kappa shape index (κ2) is 9.08. The molecule has 2 aromatic carbocycles. The molecule has 0 saturated heterocycles. The minimum atomic E-state index is 0.0561. The van der Waals surface area contributed by atoms with Gasteiger partial charge in [0.25, 0.3) is 0 Å². The van der Waals surface area contributed by atoms with Crippen LogP contribution in [0.25, 0.3) is 0 Å². The molecule has 0 atom stereocenters. The second-order valence-electron chi connectivity index (χ2n) is 6.10. The number of nitrogens with zero attached hydrogens (tertiary/aromatic N) is 1. The highest BCUT2D eigenvalue weighted by molar-refractivity contribution is 5.76. The smallest absolute Gasteiger partial charge is 0.220 e. The van der Waals surface area contributed by atoms with E-state index in [0.29, 0.717) is 19.4 Å². The van der Waals surface area contributed by atoms with Crippen LogP contribution in [0.3, 0.4) is 0 Å². The highest BCUT2D eigenvalue weighted by Crippen LogP contribution is 2.18. The van der Waals surface area contributed by atoms with E-state index >= 15 is 0 Å². The molecule has 0 unspecified atom stereocenters. The van der Waals surface area contributed by atoms with Gasteiger partial charge in [-0.15, -0.1) is 0 Å². The number of hydrogen-bond donors (Lipinski definition) is 1. The number of aryl methyl sites for hydroxylation is 1. The molecule has 0 bridgehead atoms. The van der Waals surface area contributed by atoms with E-state index in [0.717, 1.165) is 23.4 Å². The van der Waals surface area contributed by atoms with Crippen LogP contribution in [0.2, 0.25) is 0 Å². The fourth-order valence-electron chi connectivity index (χ4n) is 2.66. The molecule has 2 rings (SSSR count). The molecule has 4 heteroatoms. The summed E-state index contributed by atoms with van der Waals surface area (Å²) in [5.41, 5.74) is 3.47. The zero-order chi connectivity index (χ0) is 17.4. The summed E-state index contributed by atoms with van der Waals surface area (Å²) >= 11 is 0. The highest BCUT2D eigenvalue weighted by atomic mass is 16.5. The van der Waals surface area contributed by atoms with Crippen molar-refractivity contribution < 1.29 is 9.53 Å². The van der Waals surface area contributed by atoms with Gasteiger partial charge in [0.1, 0.15) is 5.75 Å². The van der Waals surface area contributed by atoms with Gasteiger partial charge in [-0.25, -0.2) is 0 Å². The highest BCUT2D eigenvalue weighted by Gasteiger charge is 2.08. The standard InChI is InChI=1S/C20H26N2O2/c1-22(2)15-18-10-5-4-9-17(18)14-21-20(23)13-12-16-8-6-7-11-19(16)24-3/h4-11H,12-15H2,1-3H3,(H,21,23). The van der Waals surface area contributed by atoms with Gasteiger partial charge in [-0.2, -0.15) is 0 Å². The lowest BCUT2D eigenvalue weighted by Gasteiger charge is -2.14. The van der Waals surface area contributed by atoms with Crippen molar-refractivity contribution in [3.8, 4) is 5.75 Å². The van der Waals surface area contributed by atoms with Gasteiger partial charge in [-0.1, -0.05) is 42.5 Å². The maximum absolute atomic E-state index is 12.2. The van der Waals surface area contributed by atoms with E-state index in [1.165, 1.54) is 5.56 Å². The molecule has 0 fully saturated rings. The molecule has 1 N–H and O–H groups in total. The summed E-state index contributed by atoms with van der Waals surface area (Å²) in [7, 11) is 5.74. The van der Waals surface area contributed by atoms with E-state index in [-0.39, 0.29) is 5.91 Å². The zero-order valence-corrected chi connectivity index (χ0v) is 14.7. The first kappa shape index (κ1) is 18.0. The average Bonchev–Trinajstić information content (AvgIpc) is 2.59. The molecule has 0 aromatic heterocycles. The van der Waals surface area contributed by atoms with Gasteiger partial charge < -0.3 is 15.0 Å². The van der Waals surface area contributed by atoms with Crippen LogP contribution >= 0.6 is 0 Å². The molecule has 2 aromatic rings. The third kappa shape index (κ3) is 5.39. The summed E-state index contributed by atoms with van der Waals surface area (Å²) in [6, 6.07) is 16.0. The number of carbonyl (C=O) groups excluding carboxylic acids is 1. The Hall–Kier alpha value is -2.33. The largest absolute Gasteiger partial charge is 0.496 e. The fourth-order valence-corrected chi connectivity index (χ4v) is 2.66. The summed E-state index contributed by atoms with van der Waals surface area (Å²) in [6.45, 7) is 1.43. The first-order valence-electron chi connectivity index (χ1n) is 8.20. The molecular weight excluding hydrogens is 300 g/mol. The van der Waals surface area contributed by atoms with Crippen LogP contribution in [0.15, 0.2) is 48.5 Å². The third-order valence-electron chi connectivity index (χ3n) is 3.89. The lowest BCUT2D eigenvalue weighted by atomic mass is 10.1. The lowest BCUT2D eigenvalue weighted by molar-refractivity contribution is -0.121. The Morgan fingerprint density at radius 1 is 1.00 bits per heavy atom. The fraction of sp³-hybridized carbons (Fsp3) is 0.350. The number of methoxy groups -OCH3 is 1. The summed E-state index contributed by atoms with van der Waals surface area (Å²) in [5.74, 6) is 0.891. The number of para-hydroxylation sites is 1. The average molecular weight is 326 g/mol. The molecule has 1 amide bonds. The van der Waals surface area contributed by atoms with Crippen LogP contribution < -0.4 is 10.1 Å². The normalized spacial score (nSPS) is 10.7. The summed E-state index contributed by atoms with van der Waals surface area (Å²) < 4.78 is 5.32. The Morgan fingerprint density at radius 3 is 2.29 bits per heavy atom. The van der Waals surface area contributed by atoms with Crippen molar-refractivity contribution >= 4 is 5.91 Å². The van der Waals surface area contributed by atoms with Gasteiger partial charge in [0.2, 0.25) is 5.91 Å². The molecular formula is C20H26N2O2. The Bertz CT molecular complexity index is 668.